The van der Waals surface area contributed by atoms with Gasteiger partial charge < -0.3 is 4.74 Å². The van der Waals surface area contributed by atoms with Crippen molar-refractivity contribution in [3.8, 4) is 5.75 Å². The van der Waals surface area contributed by atoms with Gasteiger partial charge in [0.15, 0.2) is 0 Å². The van der Waals surface area contributed by atoms with Crippen LogP contribution in [0.2, 0.25) is 0 Å². The molecule has 0 fully saturated rings. The van der Waals surface area contributed by atoms with Gasteiger partial charge in [0.1, 0.15) is 12.0 Å². The molecule has 0 radical (unpaired) electrons. The molecule has 0 atom stereocenters. The fraction of sp³-hybridized carbons (Fsp3) is 0.278. The van der Waals surface area contributed by atoms with Gasteiger partial charge in [0.05, 0.1) is 7.11 Å². The fourth-order valence-electron chi connectivity index (χ4n) is 2.09. The van der Waals surface area contributed by atoms with Crippen LogP contribution in [0.3, 0.4) is 0 Å². The molecule has 21 heavy (non-hydrogen) atoms. The topological polar surface area (TPSA) is 26.3 Å². The Morgan fingerprint density at radius 3 is 2.43 bits per heavy atom. The van der Waals surface area contributed by atoms with Crippen molar-refractivity contribution in [2.45, 2.75) is 30.4 Å². The van der Waals surface area contributed by atoms with Crippen LogP contribution in [-0.4, -0.2) is 13.4 Å². The number of aldehydes is 1. The van der Waals surface area contributed by atoms with Crippen molar-refractivity contribution in [1.29, 1.82) is 0 Å². The minimum atomic E-state index is 0.549. The summed E-state index contributed by atoms with van der Waals surface area (Å²) < 4.78 is 5.35. The zero-order valence-electron chi connectivity index (χ0n) is 12.6. The predicted molar refractivity (Wildman–Crippen MR) is 88.5 cm³/mol. The molecule has 2 rings (SSSR count). The van der Waals surface area contributed by atoms with E-state index in [9.17, 15) is 4.79 Å². The molecule has 110 valence electrons. The van der Waals surface area contributed by atoms with Crippen LogP contribution in [0.5, 0.6) is 5.75 Å². The molecule has 2 nitrogen and oxygen atoms in total. The van der Waals surface area contributed by atoms with Crippen LogP contribution >= 0.6 is 11.8 Å². The van der Waals surface area contributed by atoms with E-state index in [1.165, 1.54) is 10.5 Å². The zero-order chi connectivity index (χ0) is 15.2. The lowest BCUT2D eigenvalue weighted by Crippen LogP contribution is -1.93. The molecule has 0 bridgehead atoms. The van der Waals surface area contributed by atoms with Gasteiger partial charge in [0.2, 0.25) is 0 Å². The van der Waals surface area contributed by atoms with Crippen molar-refractivity contribution in [3.63, 3.8) is 0 Å². The second-order valence-electron chi connectivity index (χ2n) is 5.20. The smallest absolute Gasteiger partial charge is 0.150 e. The van der Waals surface area contributed by atoms with Crippen LogP contribution < -0.4 is 4.74 Å². The Morgan fingerprint density at radius 1 is 1.14 bits per heavy atom. The molecule has 0 aliphatic heterocycles. The van der Waals surface area contributed by atoms with Gasteiger partial charge in [-0.25, -0.2) is 0 Å². The van der Waals surface area contributed by atoms with Crippen LogP contribution in [0, 0.1) is 0 Å². The quantitative estimate of drug-likeness (QED) is 0.559. The van der Waals surface area contributed by atoms with Crippen LogP contribution in [-0.2, 0) is 5.75 Å². The monoisotopic (exact) mass is 300 g/mol. The minimum absolute atomic E-state index is 0.549. The van der Waals surface area contributed by atoms with Gasteiger partial charge in [-0.15, -0.1) is 11.8 Å². The highest BCUT2D eigenvalue weighted by molar-refractivity contribution is 7.98. The van der Waals surface area contributed by atoms with Crippen molar-refractivity contribution in [1.82, 2.24) is 0 Å². The van der Waals surface area contributed by atoms with E-state index in [-0.39, 0.29) is 0 Å². The summed E-state index contributed by atoms with van der Waals surface area (Å²) in [6, 6.07) is 14.2. The number of benzene rings is 2. The van der Waals surface area contributed by atoms with Gasteiger partial charge in [0, 0.05) is 21.8 Å². The third kappa shape index (κ3) is 4.11. The molecule has 0 aliphatic rings. The van der Waals surface area contributed by atoms with Crippen LogP contribution in [0.25, 0.3) is 0 Å². The third-order valence-corrected chi connectivity index (χ3v) is 4.44. The molecule has 0 unspecified atom stereocenters. The lowest BCUT2D eigenvalue weighted by molar-refractivity contribution is 0.112. The Labute approximate surface area is 130 Å². The van der Waals surface area contributed by atoms with E-state index in [2.05, 4.69) is 38.1 Å². The summed E-state index contributed by atoms with van der Waals surface area (Å²) in [5.74, 6) is 2.16. The normalized spacial score (nSPS) is 10.7. The van der Waals surface area contributed by atoms with Crippen LogP contribution in [0.1, 0.15) is 41.3 Å². The van der Waals surface area contributed by atoms with Gasteiger partial charge in [-0.2, -0.15) is 0 Å². The Kier molecular flexibility index (Phi) is 5.45. The standard InChI is InChI=1S/C18H20O2S/c1-13(2)15-5-7-17(8-6-15)21-12-16-10-14(11-19)4-9-18(16)20-3/h4-11,13H,12H2,1-3H3. The lowest BCUT2D eigenvalue weighted by Gasteiger charge is -2.10. The second kappa shape index (κ2) is 7.32. The fourth-order valence-corrected chi connectivity index (χ4v) is 2.97. The first-order valence-electron chi connectivity index (χ1n) is 6.99. The Bertz CT molecular complexity index is 603. The molecule has 2 aromatic rings. The molecule has 0 saturated carbocycles. The molecule has 0 spiro atoms. The number of thioether (sulfide) groups is 1. The van der Waals surface area contributed by atoms with E-state index < -0.39 is 0 Å². The number of hydrogen-bond acceptors (Lipinski definition) is 3. The molecule has 0 N–H and O–H groups in total. The molecular weight excluding hydrogens is 280 g/mol. The first-order chi connectivity index (χ1) is 10.1. The maximum absolute atomic E-state index is 10.9. The number of ether oxygens (including phenoxy) is 1. The molecular formula is C18H20O2S. The van der Waals surface area contributed by atoms with Crippen molar-refractivity contribution in [2.24, 2.45) is 0 Å². The lowest BCUT2D eigenvalue weighted by atomic mass is 10.0. The van der Waals surface area contributed by atoms with E-state index in [1.54, 1.807) is 24.9 Å². The average Bonchev–Trinajstić information content (AvgIpc) is 2.52. The summed E-state index contributed by atoms with van der Waals surface area (Å²) >= 11 is 1.75. The number of hydrogen-bond donors (Lipinski definition) is 0. The summed E-state index contributed by atoms with van der Waals surface area (Å²) in [7, 11) is 1.65. The number of rotatable bonds is 6. The summed E-state index contributed by atoms with van der Waals surface area (Å²) in [6.07, 6.45) is 0.866. The van der Waals surface area contributed by atoms with Gasteiger partial charge >= 0.3 is 0 Å². The number of carbonyl (C=O) groups is 1. The van der Waals surface area contributed by atoms with Crippen molar-refractivity contribution >= 4 is 18.0 Å². The Hall–Kier alpha value is -1.74. The predicted octanol–water partition coefficient (Wildman–Crippen LogP) is 4.92. The van der Waals surface area contributed by atoms with Gasteiger partial charge in [0.25, 0.3) is 0 Å². The van der Waals surface area contributed by atoms with E-state index in [0.29, 0.717) is 11.5 Å². The van der Waals surface area contributed by atoms with Crippen LogP contribution in [0.4, 0.5) is 0 Å². The number of methoxy groups -OCH3 is 1. The van der Waals surface area contributed by atoms with E-state index in [1.807, 2.05) is 12.1 Å². The van der Waals surface area contributed by atoms with Gasteiger partial charge in [-0.3, -0.25) is 4.79 Å². The van der Waals surface area contributed by atoms with Crippen molar-refractivity contribution < 1.29 is 9.53 Å². The zero-order valence-corrected chi connectivity index (χ0v) is 13.4. The van der Waals surface area contributed by atoms with E-state index in [0.717, 1.165) is 23.4 Å². The third-order valence-electron chi connectivity index (χ3n) is 3.38. The Morgan fingerprint density at radius 2 is 1.86 bits per heavy atom. The highest BCUT2D eigenvalue weighted by Gasteiger charge is 2.06. The second-order valence-corrected chi connectivity index (χ2v) is 6.25. The maximum Gasteiger partial charge on any atom is 0.150 e. The van der Waals surface area contributed by atoms with E-state index >= 15 is 0 Å². The molecule has 2 aromatic carbocycles. The van der Waals surface area contributed by atoms with Crippen LogP contribution in [0.15, 0.2) is 47.4 Å². The maximum atomic E-state index is 10.9. The number of carbonyl (C=O) groups excluding carboxylic acids is 1. The first-order valence-corrected chi connectivity index (χ1v) is 7.97. The first kappa shape index (κ1) is 15.6. The average molecular weight is 300 g/mol. The Balaban J connectivity index is 2.10. The van der Waals surface area contributed by atoms with Gasteiger partial charge in [-0.1, -0.05) is 26.0 Å². The highest BCUT2D eigenvalue weighted by atomic mass is 32.2. The molecule has 0 heterocycles. The summed E-state index contributed by atoms with van der Waals surface area (Å²) in [5.41, 5.74) is 3.07. The largest absolute Gasteiger partial charge is 0.496 e. The SMILES string of the molecule is COc1ccc(C=O)cc1CSc1ccc(C(C)C)cc1. The molecule has 0 aliphatic carbocycles. The van der Waals surface area contributed by atoms with Crippen molar-refractivity contribution in [3.05, 3.63) is 59.2 Å². The van der Waals surface area contributed by atoms with Crippen molar-refractivity contribution in [2.75, 3.05) is 7.11 Å². The minimum Gasteiger partial charge on any atom is -0.496 e. The molecule has 0 amide bonds. The summed E-state index contributed by atoms with van der Waals surface area (Å²) in [5, 5.41) is 0. The van der Waals surface area contributed by atoms with E-state index in [4.69, 9.17) is 4.74 Å². The summed E-state index contributed by atoms with van der Waals surface area (Å²) in [6.45, 7) is 4.38. The summed E-state index contributed by atoms with van der Waals surface area (Å²) in [4.78, 5) is 12.1. The highest BCUT2D eigenvalue weighted by Crippen LogP contribution is 2.29. The molecule has 0 aromatic heterocycles. The van der Waals surface area contributed by atoms with Gasteiger partial charge in [-0.05, 0) is 41.8 Å². The molecule has 3 heteroatoms. The molecule has 0 saturated heterocycles.